The zero-order valence-electron chi connectivity index (χ0n) is 21.9. The minimum absolute atomic E-state index is 0. The third-order valence-corrected chi connectivity index (χ3v) is 7.03. The molecule has 4 N–H and O–H groups in total. The molecule has 4 aliphatic heterocycles. The average molecular weight is 595 g/mol. The van der Waals surface area contributed by atoms with Gasteiger partial charge in [0.15, 0.2) is 11.5 Å². The Morgan fingerprint density at radius 2 is 1.95 bits per heavy atom. The molecule has 2 bridgehead atoms. The number of β-amino-alcohol motifs (C(OH)–C–C–N with tert-alkyl or cyclic N) is 1. The fourth-order valence-electron chi connectivity index (χ4n) is 5.31. The summed E-state index contributed by atoms with van der Waals surface area (Å²) in [5.41, 5.74) is 7.04. The second kappa shape index (κ2) is 12.5. The molecule has 1 amide bonds. The molecular weight excluding hydrogens is 563 g/mol. The van der Waals surface area contributed by atoms with Crippen LogP contribution in [0.5, 0.6) is 11.5 Å². The first-order valence-corrected chi connectivity index (χ1v) is 12.7. The number of carbonyl (C=O) groups excluding carboxylic acids is 1. The molecule has 4 aliphatic rings. The number of benzene rings is 1. The number of hydrogen-bond acceptors (Lipinski definition) is 12. The summed E-state index contributed by atoms with van der Waals surface area (Å²) in [5.74, 6) is 1.50. The van der Waals surface area contributed by atoms with Crippen LogP contribution < -0.4 is 20.5 Å². The van der Waals surface area contributed by atoms with Gasteiger partial charge >= 0.3 is 0 Å². The molecule has 0 saturated carbocycles. The van der Waals surface area contributed by atoms with Crippen molar-refractivity contribution >= 4 is 54.2 Å². The number of anilines is 1. The number of aliphatic imine (C=N–C) groups is 2. The van der Waals surface area contributed by atoms with E-state index in [-0.39, 0.29) is 55.1 Å². The van der Waals surface area contributed by atoms with E-state index in [1.807, 2.05) is 11.0 Å². The van der Waals surface area contributed by atoms with Crippen LogP contribution in [0.4, 0.5) is 11.6 Å². The van der Waals surface area contributed by atoms with Crippen molar-refractivity contribution in [2.24, 2.45) is 9.98 Å². The lowest BCUT2D eigenvalue weighted by Gasteiger charge is -2.33. The Bertz CT molecular complexity index is 1280. The van der Waals surface area contributed by atoms with Gasteiger partial charge in [-0.15, -0.1) is 24.8 Å². The molecule has 1 aromatic carbocycles. The van der Waals surface area contributed by atoms with E-state index < -0.39 is 12.0 Å². The van der Waals surface area contributed by atoms with Gasteiger partial charge in [-0.2, -0.15) is 0 Å². The van der Waals surface area contributed by atoms with Crippen LogP contribution >= 0.6 is 24.8 Å². The fraction of sp³-hybridized carbons (Fsp3) is 0.480. The molecule has 0 radical (unpaired) electrons. The van der Waals surface area contributed by atoms with E-state index in [1.165, 1.54) is 19.5 Å². The number of likely N-dealkylation sites (tertiary alicyclic amines) is 1. The molecule has 15 heteroatoms. The summed E-state index contributed by atoms with van der Waals surface area (Å²) in [6, 6.07) is 3.66. The van der Waals surface area contributed by atoms with Crippen LogP contribution in [0.25, 0.3) is 0 Å². The maximum atomic E-state index is 12.9. The van der Waals surface area contributed by atoms with E-state index in [0.29, 0.717) is 48.6 Å². The highest BCUT2D eigenvalue weighted by molar-refractivity contribution is 6.20. The smallest absolute Gasteiger partial charge is 0.261 e. The highest BCUT2D eigenvalue weighted by Crippen LogP contribution is 2.43. The number of nitrogen functional groups attached to an aromatic ring is 1. The standard InChI is InChI=1S/C25H30N8O5.2ClH/c1-36-21-19(37-13-15(34)10-32-11-16-2-3-17(12-32)38-16)5-4-18-20(21)30-25(33-7-6-27-22(18)33)31-23(35)14-8-28-24(26)29-9-14;;/h4-5,8-9,15-17,34H,2-3,6-7,10-13H2,1H3,(H2,26,28,29)(H,30,31,35);2*1H/t15-,16?,17?;;/m0../s1. The summed E-state index contributed by atoms with van der Waals surface area (Å²) in [4.78, 5) is 34.0. The number of guanidine groups is 1. The van der Waals surface area contributed by atoms with Gasteiger partial charge < -0.3 is 25.1 Å². The largest absolute Gasteiger partial charge is 0.491 e. The van der Waals surface area contributed by atoms with Gasteiger partial charge in [0.05, 0.1) is 31.4 Å². The summed E-state index contributed by atoms with van der Waals surface area (Å²) in [5, 5.41) is 13.5. The number of amidine groups is 1. The zero-order valence-corrected chi connectivity index (χ0v) is 23.5. The molecule has 6 rings (SSSR count). The number of nitrogens with one attached hydrogen (secondary N) is 1. The number of halogens is 2. The number of fused-ring (bicyclic) bond motifs is 5. The number of rotatable bonds is 7. The van der Waals surface area contributed by atoms with Gasteiger partial charge in [-0.25, -0.2) is 15.0 Å². The Kier molecular flexibility index (Phi) is 9.31. The maximum Gasteiger partial charge on any atom is 0.261 e. The van der Waals surface area contributed by atoms with Crippen LogP contribution in [-0.4, -0.2) is 107 Å². The number of amides is 1. The maximum absolute atomic E-state index is 12.9. The number of aliphatic hydroxyl groups excluding tert-OH is 1. The molecule has 40 heavy (non-hydrogen) atoms. The Labute approximate surface area is 243 Å². The number of methoxy groups -OCH3 is 1. The lowest BCUT2D eigenvalue weighted by molar-refractivity contribution is -0.0529. The first-order chi connectivity index (χ1) is 18.5. The summed E-state index contributed by atoms with van der Waals surface area (Å²) in [7, 11) is 1.53. The molecule has 2 fully saturated rings. The van der Waals surface area contributed by atoms with Gasteiger partial charge in [-0.05, 0) is 25.0 Å². The van der Waals surface area contributed by atoms with Gasteiger partial charge in [-0.3, -0.25) is 24.9 Å². The van der Waals surface area contributed by atoms with E-state index >= 15 is 0 Å². The van der Waals surface area contributed by atoms with Gasteiger partial charge in [-0.1, -0.05) is 0 Å². The molecule has 13 nitrogen and oxygen atoms in total. The van der Waals surface area contributed by atoms with E-state index in [4.69, 9.17) is 24.9 Å². The summed E-state index contributed by atoms with van der Waals surface area (Å²) >= 11 is 0. The predicted molar refractivity (Wildman–Crippen MR) is 152 cm³/mol. The van der Waals surface area contributed by atoms with E-state index in [9.17, 15) is 9.90 Å². The first kappa shape index (κ1) is 29.7. The predicted octanol–water partition coefficient (Wildman–Crippen LogP) is 1.01. The Hall–Kier alpha value is -3.23. The lowest BCUT2D eigenvalue weighted by atomic mass is 10.1. The third-order valence-electron chi connectivity index (χ3n) is 7.03. The number of aliphatic hydroxyl groups is 1. The monoisotopic (exact) mass is 594 g/mol. The number of nitrogens with two attached hydrogens (primary N) is 1. The van der Waals surface area contributed by atoms with Crippen LogP contribution in [0, 0.1) is 0 Å². The molecule has 3 atom stereocenters. The first-order valence-electron chi connectivity index (χ1n) is 12.7. The number of morpholine rings is 1. The Morgan fingerprint density at radius 3 is 2.65 bits per heavy atom. The Balaban J connectivity index is 0.00000185. The number of ether oxygens (including phenoxy) is 3. The molecule has 0 spiro atoms. The molecule has 1 aromatic heterocycles. The van der Waals surface area contributed by atoms with Gasteiger partial charge in [0.25, 0.3) is 5.91 Å². The van der Waals surface area contributed by atoms with Crippen LogP contribution in [0.2, 0.25) is 0 Å². The van der Waals surface area contributed by atoms with Crippen molar-refractivity contribution < 1.29 is 24.1 Å². The topological polar surface area (TPSA) is 160 Å². The molecule has 5 heterocycles. The van der Waals surface area contributed by atoms with Crippen molar-refractivity contribution in [3.63, 3.8) is 0 Å². The van der Waals surface area contributed by atoms with Crippen molar-refractivity contribution in [1.29, 1.82) is 0 Å². The Morgan fingerprint density at radius 1 is 1.23 bits per heavy atom. The molecule has 2 aromatic rings. The van der Waals surface area contributed by atoms with Crippen LogP contribution in [0.15, 0.2) is 34.5 Å². The quantitative estimate of drug-likeness (QED) is 0.422. The molecule has 2 saturated heterocycles. The number of nitrogens with zero attached hydrogens (tertiary/aromatic N) is 6. The number of hydrogen-bond donors (Lipinski definition) is 3. The minimum atomic E-state index is -0.677. The normalized spacial score (nSPS) is 21.6. The zero-order chi connectivity index (χ0) is 26.2. The van der Waals surface area contributed by atoms with Crippen LogP contribution in [0.1, 0.15) is 28.8 Å². The van der Waals surface area contributed by atoms with E-state index in [1.54, 1.807) is 6.07 Å². The summed E-state index contributed by atoms with van der Waals surface area (Å²) < 4.78 is 17.6. The van der Waals surface area contributed by atoms with Crippen molar-refractivity contribution in [3.8, 4) is 11.5 Å². The molecule has 2 unspecified atom stereocenters. The average Bonchev–Trinajstić information content (AvgIpc) is 3.54. The van der Waals surface area contributed by atoms with Crippen LogP contribution in [-0.2, 0) is 4.74 Å². The van der Waals surface area contributed by atoms with Gasteiger partial charge in [0.1, 0.15) is 24.2 Å². The fourth-order valence-corrected chi connectivity index (χ4v) is 5.31. The van der Waals surface area contributed by atoms with Crippen molar-refractivity contribution in [2.45, 2.75) is 31.2 Å². The molecule has 0 aliphatic carbocycles. The minimum Gasteiger partial charge on any atom is -0.491 e. The van der Waals surface area contributed by atoms with Crippen LogP contribution in [0.3, 0.4) is 0 Å². The van der Waals surface area contributed by atoms with Crippen molar-refractivity contribution in [2.75, 3.05) is 52.2 Å². The molecule has 216 valence electrons. The second-order valence-electron chi connectivity index (χ2n) is 9.71. The number of carbonyl (C=O) groups is 1. The lowest BCUT2D eigenvalue weighted by Crippen LogP contribution is -2.47. The number of aromatic nitrogens is 2. The van der Waals surface area contributed by atoms with Crippen molar-refractivity contribution in [3.05, 3.63) is 35.7 Å². The highest BCUT2D eigenvalue weighted by Gasteiger charge is 2.35. The highest BCUT2D eigenvalue weighted by atomic mass is 35.5. The van der Waals surface area contributed by atoms with Gasteiger partial charge in [0, 0.05) is 44.1 Å². The summed E-state index contributed by atoms with van der Waals surface area (Å²) in [6.07, 6.45) is 4.73. The SMILES string of the molecule is COc1c(OC[C@@H](O)CN2CC3CCC(C2)O3)ccc2c1N=C(NC(=O)c1cnc(N)nc1)N1CCN=C21.Cl.Cl. The molecular formula is C25H32Cl2N8O5. The second-order valence-corrected chi connectivity index (χ2v) is 9.71. The van der Waals surface area contributed by atoms with E-state index in [0.717, 1.165) is 31.5 Å². The summed E-state index contributed by atoms with van der Waals surface area (Å²) in [6.45, 7) is 3.41. The third kappa shape index (κ3) is 5.93. The van der Waals surface area contributed by atoms with E-state index in [2.05, 4.69) is 25.2 Å². The van der Waals surface area contributed by atoms with Gasteiger partial charge in [0.2, 0.25) is 11.9 Å². The van der Waals surface area contributed by atoms with Crippen molar-refractivity contribution in [1.82, 2.24) is 25.1 Å².